The second-order valence-corrected chi connectivity index (χ2v) is 6.99. The van der Waals surface area contributed by atoms with Crippen LogP contribution in [-0.2, 0) is 4.79 Å². The van der Waals surface area contributed by atoms with Crippen LogP contribution in [-0.4, -0.2) is 29.3 Å². The second kappa shape index (κ2) is 9.05. The van der Waals surface area contributed by atoms with E-state index in [9.17, 15) is 4.79 Å². The molecule has 1 heterocycles. The molecule has 1 aromatic heterocycles. The smallest absolute Gasteiger partial charge is 0.258 e. The molecule has 146 valence electrons. The lowest BCUT2D eigenvalue weighted by Gasteiger charge is -2.11. The van der Waals surface area contributed by atoms with Gasteiger partial charge in [0, 0.05) is 21.6 Å². The lowest BCUT2D eigenvalue weighted by Crippen LogP contribution is -2.07. The van der Waals surface area contributed by atoms with Crippen LogP contribution in [0.4, 0.5) is 5.69 Å². The molecule has 0 radical (unpaired) electrons. The molecule has 1 amide bonds. The molecule has 0 fully saturated rings. The van der Waals surface area contributed by atoms with E-state index in [4.69, 9.17) is 14.0 Å². The molecule has 0 saturated carbocycles. The topological polar surface area (TPSA) is 86.5 Å². The van der Waals surface area contributed by atoms with Gasteiger partial charge in [0.1, 0.15) is 0 Å². The lowest BCUT2D eigenvalue weighted by molar-refractivity contribution is -0.114. The summed E-state index contributed by atoms with van der Waals surface area (Å²) in [6.07, 6.45) is 0. The van der Waals surface area contributed by atoms with E-state index >= 15 is 0 Å². The van der Waals surface area contributed by atoms with Crippen LogP contribution in [0.1, 0.15) is 20.8 Å². The van der Waals surface area contributed by atoms with Gasteiger partial charge in [0.05, 0.1) is 18.9 Å². The van der Waals surface area contributed by atoms with Crippen molar-refractivity contribution in [2.24, 2.45) is 0 Å². The number of ether oxygens (including phenoxy) is 2. The Balaban J connectivity index is 1.89. The van der Waals surface area contributed by atoms with Crippen molar-refractivity contribution < 1.29 is 18.8 Å². The van der Waals surface area contributed by atoms with Crippen molar-refractivity contribution in [3.63, 3.8) is 0 Å². The molecular weight excluding hydrogens is 473 g/mol. The van der Waals surface area contributed by atoms with E-state index in [0.717, 1.165) is 20.4 Å². The lowest BCUT2D eigenvalue weighted by atomic mass is 10.2. The number of halogens is 1. The molecule has 0 saturated heterocycles. The summed E-state index contributed by atoms with van der Waals surface area (Å²) >= 11 is 2.16. The quantitative estimate of drug-likeness (QED) is 0.478. The van der Waals surface area contributed by atoms with Crippen LogP contribution in [0.15, 0.2) is 40.9 Å². The van der Waals surface area contributed by atoms with E-state index in [2.05, 4.69) is 38.0 Å². The van der Waals surface area contributed by atoms with Gasteiger partial charge in [0.25, 0.3) is 5.89 Å². The maximum atomic E-state index is 11.2. The summed E-state index contributed by atoms with van der Waals surface area (Å²) < 4.78 is 17.6. The number of hydrogen-bond donors (Lipinski definition) is 1. The van der Waals surface area contributed by atoms with E-state index in [0.29, 0.717) is 36.4 Å². The van der Waals surface area contributed by atoms with E-state index in [-0.39, 0.29) is 5.91 Å². The van der Waals surface area contributed by atoms with Crippen LogP contribution in [0.3, 0.4) is 0 Å². The fourth-order valence-corrected chi connectivity index (χ4v) is 3.24. The third-order valence-corrected chi connectivity index (χ3v) is 4.65. The number of carbonyl (C=O) groups is 1. The van der Waals surface area contributed by atoms with E-state index in [1.165, 1.54) is 6.92 Å². The molecule has 7 nitrogen and oxygen atoms in total. The number of benzene rings is 2. The summed E-state index contributed by atoms with van der Waals surface area (Å²) in [7, 11) is 0. The maximum absolute atomic E-state index is 11.2. The van der Waals surface area contributed by atoms with Crippen molar-refractivity contribution in [3.8, 4) is 34.3 Å². The molecule has 0 aliphatic carbocycles. The number of hydrogen-bond acceptors (Lipinski definition) is 6. The number of carbonyl (C=O) groups excluding carboxylic acids is 1. The Kier molecular flexibility index (Phi) is 6.50. The van der Waals surface area contributed by atoms with Crippen LogP contribution >= 0.6 is 22.6 Å². The first kappa shape index (κ1) is 20.1. The van der Waals surface area contributed by atoms with Crippen molar-refractivity contribution in [2.75, 3.05) is 18.5 Å². The first-order valence-electron chi connectivity index (χ1n) is 8.83. The summed E-state index contributed by atoms with van der Waals surface area (Å²) in [5.41, 5.74) is 2.29. The Morgan fingerprint density at radius 2 is 1.79 bits per heavy atom. The van der Waals surface area contributed by atoms with E-state index in [1.807, 2.05) is 50.2 Å². The van der Waals surface area contributed by atoms with Crippen LogP contribution in [0, 0.1) is 3.57 Å². The predicted octanol–water partition coefficient (Wildman–Crippen LogP) is 4.76. The zero-order valence-corrected chi connectivity index (χ0v) is 17.9. The molecule has 0 spiro atoms. The molecule has 0 bridgehead atoms. The SMILES string of the molecule is CCOc1ccc(-c2nc(-c3ccc(NC(C)=O)c(I)c3)no2)cc1OCC. The molecule has 0 aliphatic heterocycles. The molecule has 3 rings (SSSR count). The molecular formula is C20H20IN3O4. The van der Waals surface area contributed by atoms with Crippen LogP contribution in [0.2, 0.25) is 0 Å². The number of rotatable bonds is 7. The van der Waals surface area contributed by atoms with Crippen molar-refractivity contribution in [2.45, 2.75) is 20.8 Å². The Labute approximate surface area is 176 Å². The van der Waals surface area contributed by atoms with Gasteiger partial charge in [-0.1, -0.05) is 5.16 Å². The van der Waals surface area contributed by atoms with Crippen LogP contribution in [0.25, 0.3) is 22.8 Å². The van der Waals surface area contributed by atoms with Crippen molar-refractivity contribution in [1.29, 1.82) is 0 Å². The minimum atomic E-state index is -0.117. The van der Waals surface area contributed by atoms with E-state index in [1.54, 1.807) is 0 Å². The zero-order chi connectivity index (χ0) is 20.1. The molecule has 8 heteroatoms. The first-order valence-corrected chi connectivity index (χ1v) is 9.91. The average molecular weight is 493 g/mol. The van der Waals surface area contributed by atoms with Crippen molar-refractivity contribution in [1.82, 2.24) is 10.1 Å². The monoisotopic (exact) mass is 493 g/mol. The van der Waals surface area contributed by atoms with Crippen molar-refractivity contribution in [3.05, 3.63) is 40.0 Å². The number of aromatic nitrogens is 2. The number of anilines is 1. The Hall–Kier alpha value is -2.62. The van der Waals surface area contributed by atoms with Gasteiger partial charge in [-0.3, -0.25) is 4.79 Å². The van der Waals surface area contributed by atoms with Gasteiger partial charge in [-0.15, -0.1) is 0 Å². The Morgan fingerprint density at radius 1 is 1.07 bits per heavy atom. The van der Waals surface area contributed by atoms with Gasteiger partial charge in [-0.2, -0.15) is 4.98 Å². The summed E-state index contributed by atoms with van der Waals surface area (Å²) in [4.78, 5) is 15.7. The molecule has 3 aromatic rings. The van der Waals surface area contributed by atoms with Crippen LogP contribution in [0.5, 0.6) is 11.5 Å². The Morgan fingerprint density at radius 3 is 2.46 bits per heavy atom. The van der Waals surface area contributed by atoms with Gasteiger partial charge < -0.3 is 19.3 Å². The molecule has 0 aliphatic rings. The summed E-state index contributed by atoms with van der Waals surface area (Å²) in [6.45, 7) is 6.39. The van der Waals surface area contributed by atoms with Crippen LogP contribution < -0.4 is 14.8 Å². The summed E-state index contributed by atoms with van der Waals surface area (Å²) in [5, 5.41) is 6.86. The largest absolute Gasteiger partial charge is 0.490 e. The average Bonchev–Trinajstić information content (AvgIpc) is 3.15. The summed E-state index contributed by atoms with van der Waals surface area (Å²) in [6, 6.07) is 11.1. The number of nitrogens with one attached hydrogen (secondary N) is 1. The highest BCUT2D eigenvalue weighted by Gasteiger charge is 2.15. The van der Waals surface area contributed by atoms with E-state index < -0.39 is 0 Å². The first-order chi connectivity index (χ1) is 13.5. The van der Waals surface area contributed by atoms with Crippen molar-refractivity contribution >= 4 is 34.2 Å². The highest BCUT2D eigenvalue weighted by Crippen LogP contribution is 2.33. The molecule has 0 unspecified atom stereocenters. The van der Waals surface area contributed by atoms with Gasteiger partial charge in [-0.05, 0) is 72.8 Å². The highest BCUT2D eigenvalue weighted by molar-refractivity contribution is 14.1. The van der Waals surface area contributed by atoms with Gasteiger partial charge in [0.2, 0.25) is 11.7 Å². The standard InChI is InChI=1S/C20H20IN3O4/c1-4-26-17-9-7-14(11-18(17)27-5-2)20-23-19(24-28-20)13-6-8-16(15(21)10-13)22-12(3)25/h6-11H,4-5H2,1-3H3,(H,22,25). The third-order valence-electron chi connectivity index (χ3n) is 3.75. The molecule has 0 atom stereocenters. The number of nitrogens with zero attached hydrogens (tertiary/aromatic N) is 2. The number of amides is 1. The second-order valence-electron chi connectivity index (χ2n) is 5.83. The van der Waals surface area contributed by atoms with Gasteiger partial charge in [0.15, 0.2) is 11.5 Å². The minimum Gasteiger partial charge on any atom is -0.490 e. The summed E-state index contributed by atoms with van der Waals surface area (Å²) in [5.74, 6) is 2.05. The predicted molar refractivity (Wildman–Crippen MR) is 115 cm³/mol. The fraction of sp³-hybridized carbons (Fsp3) is 0.250. The van der Waals surface area contributed by atoms with Gasteiger partial charge >= 0.3 is 0 Å². The molecule has 1 N–H and O–H groups in total. The molecule has 2 aromatic carbocycles. The van der Waals surface area contributed by atoms with Gasteiger partial charge in [-0.25, -0.2) is 0 Å². The highest BCUT2D eigenvalue weighted by atomic mass is 127. The minimum absolute atomic E-state index is 0.117. The Bertz CT molecular complexity index is 987. The zero-order valence-electron chi connectivity index (χ0n) is 15.8. The maximum Gasteiger partial charge on any atom is 0.258 e. The third kappa shape index (κ3) is 4.61. The fourth-order valence-electron chi connectivity index (χ4n) is 2.59. The normalized spacial score (nSPS) is 10.6. The molecule has 28 heavy (non-hydrogen) atoms.